The number of aliphatic hydroxyl groups excluding tert-OH is 1. The quantitative estimate of drug-likeness (QED) is 0.732. The molecule has 0 unspecified atom stereocenters. The van der Waals surface area contributed by atoms with Crippen molar-refractivity contribution in [3.8, 4) is 0 Å². The third kappa shape index (κ3) is 3.67. The van der Waals surface area contributed by atoms with Crippen LogP contribution >= 0.6 is 0 Å². The van der Waals surface area contributed by atoms with E-state index in [0.29, 0.717) is 12.5 Å². The Labute approximate surface area is 98.5 Å². The number of likely N-dealkylation sites (tertiary alicyclic amines) is 1. The maximum Gasteiger partial charge on any atom is 0.0460 e. The van der Waals surface area contributed by atoms with Gasteiger partial charge in [0.2, 0.25) is 0 Å². The van der Waals surface area contributed by atoms with Gasteiger partial charge in [0.25, 0.3) is 0 Å². The van der Waals surface area contributed by atoms with Crippen LogP contribution in [0.4, 0.5) is 0 Å². The summed E-state index contributed by atoms with van der Waals surface area (Å²) in [6.45, 7) is 2.70. The molecule has 0 spiro atoms. The van der Waals surface area contributed by atoms with Crippen LogP contribution in [-0.4, -0.2) is 36.8 Å². The van der Waals surface area contributed by atoms with Gasteiger partial charge in [-0.2, -0.15) is 0 Å². The molecule has 10 heavy (non-hydrogen) atoms. The van der Waals surface area contributed by atoms with Gasteiger partial charge in [-0.05, 0) is 38.9 Å². The molecule has 57 valence electrons. The smallest absolute Gasteiger partial charge is 0.0460 e. The number of nitrogens with zero attached hydrogens (tertiary/aromatic N) is 1. The van der Waals surface area contributed by atoms with Gasteiger partial charge in [0.1, 0.15) is 0 Å². The van der Waals surface area contributed by atoms with Gasteiger partial charge in [0.15, 0.2) is 0 Å². The predicted octanol–water partition coefficient (Wildman–Crippen LogP) is 0.321. The number of piperidine rings is 1. The van der Waals surface area contributed by atoms with Gasteiger partial charge in [0.05, 0.1) is 0 Å². The van der Waals surface area contributed by atoms with E-state index in [2.05, 4.69) is 11.9 Å². The monoisotopic (exact) mass is 356 g/mol. The van der Waals surface area contributed by atoms with E-state index in [0.717, 1.165) is 13.1 Å². The second-order valence-corrected chi connectivity index (χ2v) is 2.93. The molecule has 1 aliphatic rings. The summed E-state index contributed by atoms with van der Waals surface area (Å²) in [4.78, 5) is 2.31. The maximum atomic E-state index is 8.76. The van der Waals surface area contributed by atoms with Gasteiger partial charge >= 0.3 is 0 Å². The van der Waals surface area contributed by atoms with Crippen LogP contribution in [0, 0.1) is 50.0 Å². The van der Waals surface area contributed by atoms with Crippen LogP contribution < -0.4 is 0 Å². The summed E-state index contributed by atoms with van der Waals surface area (Å²) < 4.78 is 0. The molecule has 1 fully saturated rings. The molecule has 1 N–H and O–H groups in total. The van der Waals surface area contributed by atoms with Gasteiger partial charge in [-0.3, -0.25) is 0 Å². The van der Waals surface area contributed by atoms with E-state index in [1.54, 1.807) is 0 Å². The first-order valence-electron chi connectivity index (χ1n) is 3.62. The number of rotatable bonds is 1. The Morgan fingerprint density at radius 1 is 1.40 bits per heavy atom. The fourth-order valence-electron chi connectivity index (χ4n) is 1.24. The molecular formula is C7H15AcNO. The standard InChI is InChI=1S/C7H15NO.Ac/c1-8-4-2-7(6-9)3-5-8;/h7,9H,2-6H2,1H3;. The molecule has 0 aromatic heterocycles. The second kappa shape index (κ2) is 5.94. The Bertz CT molecular complexity index is 81.7. The summed E-state index contributed by atoms with van der Waals surface area (Å²) in [5.41, 5.74) is 0. The van der Waals surface area contributed by atoms with Crippen molar-refractivity contribution in [2.75, 3.05) is 26.7 Å². The summed E-state index contributed by atoms with van der Waals surface area (Å²) >= 11 is 0. The van der Waals surface area contributed by atoms with Crippen LogP contribution in [0.25, 0.3) is 0 Å². The Morgan fingerprint density at radius 2 is 1.90 bits per heavy atom. The molecule has 0 atom stereocenters. The Kier molecular flexibility index (Phi) is 6.75. The summed E-state index contributed by atoms with van der Waals surface area (Å²) in [6, 6.07) is 0. The summed E-state index contributed by atoms with van der Waals surface area (Å²) in [5.74, 6) is 0.584. The topological polar surface area (TPSA) is 23.5 Å². The molecule has 0 amide bonds. The molecule has 3 heteroatoms. The SMILES string of the molecule is CN1CCC(CO)CC1.[Ac]. The molecule has 0 bridgehead atoms. The van der Waals surface area contributed by atoms with E-state index in [1.807, 2.05) is 0 Å². The van der Waals surface area contributed by atoms with Gasteiger partial charge < -0.3 is 10.0 Å². The molecule has 0 aromatic carbocycles. The predicted molar refractivity (Wildman–Crippen MR) is 37.3 cm³/mol. The third-order valence-corrected chi connectivity index (χ3v) is 2.10. The third-order valence-electron chi connectivity index (χ3n) is 2.10. The van der Waals surface area contributed by atoms with Crippen molar-refractivity contribution >= 4 is 0 Å². The zero-order valence-electron chi connectivity index (χ0n) is 6.58. The molecule has 0 aliphatic carbocycles. The summed E-state index contributed by atoms with van der Waals surface area (Å²) in [7, 11) is 2.13. The van der Waals surface area contributed by atoms with Gasteiger partial charge in [-0.15, -0.1) is 0 Å². The first-order chi connectivity index (χ1) is 4.33. The molecule has 0 saturated carbocycles. The Morgan fingerprint density at radius 3 is 2.30 bits per heavy atom. The van der Waals surface area contributed by atoms with E-state index in [4.69, 9.17) is 5.11 Å². The number of hydrogen-bond donors (Lipinski definition) is 1. The summed E-state index contributed by atoms with van der Waals surface area (Å²) in [6.07, 6.45) is 2.35. The minimum atomic E-state index is 0. The first kappa shape index (κ1) is 11.4. The molecule has 1 heterocycles. The maximum absolute atomic E-state index is 8.76. The van der Waals surface area contributed by atoms with Crippen molar-refractivity contribution < 1.29 is 49.2 Å². The van der Waals surface area contributed by atoms with Crippen LogP contribution in [0.15, 0.2) is 0 Å². The van der Waals surface area contributed by atoms with Crippen molar-refractivity contribution in [2.24, 2.45) is 5.92 Å². The van der Waals surface area contributed by atoms with Crippen molar-refractivity contribution in [3.05, 3.63) is 0 Å². The second-order valence-electron chi connectivity index (χ2n) is 2.93. The van der Waals surface area contributed by atoms with Crippen molar-refractivity contribution in [1.29, 1.82) is 0 Å². The van der Waals surface area contributed by atoms with Gasteiger partial charge in [-0.25, -0.2) is 0 Å². The zero-order chi connectivity index (χ0) is 6.69. The molecule has 1 aliphatic heterocycles. The van der Waals surface area contributed by atoms with E-state index >= 15 is 0 Å². The van der Waals surface area contributed by atoms with Crippen molar-refractivity contribution in [3.63, 3.8) is 0 Å². The van der Waals surface area contributed by atoms with Crippen molar-refractivity contribution in [1.82, 2.24) is 4.90 Å². The molecule has 1 radical (unpaired) electrons. The average molecular weight is 356 g/mol. The van der Waals surface area contributed by atoms with E-state index in [9.17, 15) is 0 Å². The van der Waals surface area contributed by atoms with Crippen LogP contribution in [0.3, 0.4) is 0 Å². The number of hydrogen-bond acceptors (Lipinski definition) is 2. The zero-order valence-corrected chi connectivity index (χ0v) is 11.3. The van der Waals surface area contributed by atoms with Crippen LogP contribution in [0.1, 0.15) is 12.8 Å². The van der Waals surface area contributed by atoms with Crippen LogP contribution in [0.5, 0.6) is 0 Å². The molecular weight excluding hydrogens is 341 g/mol. The minimum absolute atomic E-state index is 0. The fourth-order valence-corrected chi connectivity index (χ4v) is 1.24. The Balaban J connectivity index is 0.000000810. The molecule has 0 aromatic rings. The fraction of sp³-hybridized carbons (Fsp3) is 1.00. The average Bonchev–Trinajstić information content (AvgIpc) is 1.90. The normalized spacial score (nSPS) is 22.2. The van der Waals surface area contributed by atoms with Crippen molar-refractivity contribution in [2.45, 2.75) is 12.8 Å². The summed E-state index contributed by atoms with van der Waals surface area (Å²) in [5, 5.41) is 8.76. The largest absolute Gasteiger partial charge is 0.396 e. The van der Waals surface area contributed by atoms with E-state index < -0.39 is 0 Å². The van der Waals surface area contributed by atoms with Gasteiger partial charge in [-0.1, -0.05) is 0 Å². The van der Waals surface area contributed by atoms with Crippen LogP contribution in [0.2, 0.25) is 0 Å². The van der Waals surface area contributed by atoms with Gasteiger partial charge in [0, 0.05) is 50.7 Å². The molecule has 2 nitrogen and oxygen atoms in total. The first-order valence-corrected chi connectivity index (χ1v) is 3.62. The minimum Gasteiger partial charge on any atom is -0.396 e. The number of aliphatic hydroxyl groups is 1. The molecule has 1 saturated heterocycles. The van der Waals surface area contributed by atoms with E-state index in [-0.39, 0.29) is 44.1 Å². The van der Waals surface area contributed by atoms with E-state index in [1.165, 1.54) is 12.8 Å². The molecule has 1 rings (SSSR count). The van der Waals surface area contributed by atoms with Crippen LogP contribution in [-0.2, 0) is 0 Å². The Hall–Kier alpha value is 1.36.